The summed E-state index contributed by atoms with van der Waals surface area (Å²) in [5.74, 6) is 0.295. The summed E-state index contributed by atoms with van der Waals surface area (Å²) in [6, 6.07) is 11.3. The molecule has 1 atom stereocenters. The van der Waals surface area contributed by atoms with E-state index < -0.39 is 11.9 Å². The number of halogens is 1. The summed E-state index contributed by atoms with van der Waals surface area (Å²) in [5, 5.41) is 5.86. The van der Waals surface area contributed by atoms with Gasteiger partial charge in [0.2, 0.25) is 12.7 Å². The maximum absolute atomic E-state index is 14.5. The molecule has 0 fully saturated rings. The van der Waals surface area contributed by atoms with Gasteiger partial charge in [-0.05, 0) is 23.8 Å². The lowest BCUT2D eigenvalue weighted by Gasteiger charge is -2.26. The molecule has 174 valence electrons. The van der Waals surface area contributed by atoms with Gasteiger partial charge in [0, 0.05) is 32.1 Å². The zero-order valence-corrected chi connectivity index (χ0v) is 18.6. The van der Waals surface area contributed by atoms with E-state index in [4.69, 9.17) is 14.2 Å². The fraction of sp³-hybridized carbons (Fsp3) is 0.375. The van der Waals surface area contributed by atoms with Gasteiger partial charge in [-0.25, -0.2) is 9.40 Å². The fourth-order valence-corrected chi connectivity index (χ4v) is 3.93. The number of hydrazone groups is 1. The highest BCUT2D eigenvalue weighted by Crippen LogP contribution is 2.39. The lowest BCUT2D eigenvalue weighted by molar-refractivity contribution is -0.141. The first-order valence-corrected chi connectivity index (χ1v) is 10.8. The molecular formula is C24H26FN3O5. The molecule has 2 aliphatic heterocycles. The van der Waals surface area contributed by atoms with Gasteiger partial charge in [-0.15, -0.1) is 0 Å². The van der Waals surface area contributed by atoms with E-state index in [9.17, 15) is 14.0 Å². The van der Waals surface area contributed by atoms with Crippen LogP contribution in [0.5, 0.6) is 11.5 Å². The summed E-state index contributed by atoms with van der Waals surface area (Å²) in [4.78, 5) is 27.2. The second kappa shape index (κ2) is 9.99. The molecule has 0 saturated heterocycles. The maximum Gasteiger partial charge on any atom is 0.262 e. The Morgan fingerprint density at radius 2 is 2.00 bits per heavy atom. The van der Waals surface area contributed by atoms with E-state index in [-0.39, 0.29) is 31.6 Å². The molecule has 2 aromatic rings. The first-order valence-electron chi connectivity index (χ1n) is 10.8. The normalized spacial score (nSPS) is 16.6. The number of ether oxygens (including phenoxy) is 3. The van der Waals surface area contributed by atoms with Crippen LogP contribution in [0.1, 0.15) is 36.9 Å². The van der Waals surface area contributed by atoms with Crippen LogP contribution in [0.2, 0.25) is 0 Å². The topological polar surface area (TPSA) is 80.7 Å². The highest BCUT2D eigenvalue weighted by Gasteiger charge is 2.35. The van der Waals surface area contributed by atoms with Gasteiger partial charge in [0.1, 0.15) is 12.4 Å². The minimum absolute atomic E-state index is 0.136. The Balaban J connectivity index is 1.64. The Labute approximate surface area is 191 Å². The largest absolute Gasteiger partial charge is 0.454 e. The lowest BCUT2D eigenvalue weighted by Crippen LogP contribution is -2.42. The van der Waals surface area contributed by atoms with Gasteiger partial charge in [-0.3, -0.25) is 9.59 Å². The lowest BCUT2D eigenvalue weighted by atomic mass is 9.97. The molecule has 0 radical (unpaired) electrons. The van der Waals surface area contributed by atoms with Crippen LogP contribution in [0, 0.1) is 5.82 Å². The molecule has 2 aliphatic rings. The van der Waals surface area contributed by atoms with Gasteiger partial charge < -0.3 is 19.1 Å². The first-order chi connectivity index (χ1) is 16.0. The van der Waals surface area contributed by atoms with Gasteiger partial charge in [-0.2, -0.15) is 5.10 Å². The van der Waals surface area contributed by atoms with E-state index in [0.29, 0.717) is 42.3 Å². The molecule has 8 nitrogen and oxygen atoms in total. The predicted octanol–water partition coefficient (Wildman–Crippen LogP) is 3.12. The van der Waals surface area contributed by atoms with Crippen molar-refractivity contribution in [3.8, 4) is 11.5 Å². The number of amides is 2. The van der Waals surface area contributed by atoms with Gasteiger partial charge in [0.25, 0.3) is 5.91 Å². The second-order valence-corrected chi connectivity index (χ2v) is 7.76. The highest BCUT2D eigenvalue weighted by atomic mass is 19.1. The van der Waals surface area contributed by atoms with E-state index in [1.54, 1.807) is 31.2 Å². The van der Waals surface area contributed by atoms with Crippen molar-refractivity contribution in [3.05, 3.63) is 59.4 Å². The number of carbonyl (C=O) groups is 2. The average Bonchev–Trinajstić information content (AvgIpc) is 3.48. The summed E-state index contributed by atoms with van der Waals surface area (Å²) < 4.78 is 30.5. The van der Waals surface area contributed by atoms with Crippen LogP contribution in [0.4, 0.5) is 4.39 Å². The highest BCUT2D eigenvalue weighted by molar-refractivity contribution is 6.03. The Bertz CT molecular complexity index is 1070. The standard InChI is InChI=1S/C24H26FN3O5/c1-3-23(29)27(10-11-31-2)14-24(30)28-20(16-8-9-21-22(12-16)33-15-32-21)13-19(26-28)17-6-4-5-7-18(17)25/h4-9,12,20H,3,10-11,13-15H2,1-2H3. The number of hydrogen-bond donors (Lipinski definition) is 0. The molecule has 0 N–H and O–H groups in total. The van der Waals surface area contributed by atoms with Crippen molar-refractivity contribution in [2.75, 3.05) is 33.6 Å². The number of benzene rings is 2. The molecule has 0 saturated carbocycles. The third-order valence-electron chi connectivity index (χ3n) is 5.68. The molecular weight excluding hydrogens is 429 g/mol. The van der Waals surface area contributed by atoms with Crippen LogP contribution < -0.4 is 9.47 Å². The molecule has 1 unspecified atom stereocenters. The predicted molar refractivity (Wildman–Crippen MR) is 118 cm³/mol. The van der Waals surface area contributed by atoms with Crippen molar-refractivity contribution >= 4 is 17.5 Å². The third kappa shape index (κ3) is 4.83. The molecule has 2 amide bonds. The van der Waals surface area contributed by atoms with E-state index in [0.717, 1.165) is 5.56 Å². The van der Waals surface area contributed by atoms with Gasteiger partial charge in [0.05, 0.1) is 18.4 Å². The smallest absolute Gasteiger partial charge is 0.262 e. The van der Waals surface area contributed by atoms with Gasteiger partial charge in [0.15, 0.2) is 11.5 Å². The van der Waals surface area contributed by atoms with Crippen LogP contribution in [0.3, 0.4) is 0 Å². The van der Waals surface area contributed by atoms with Crippen molar-refractivity contribution in [1.29, 1.82) is 0 Å². The van der Waals surface area contributed by atoms with Crippen molar-refractivity contribution < 1.29 is 28.2 Å². The Morgan fingerprint density at radius 1 is 1.21 bits per heavy atom. The quantitative estimate of drug-likeness (QED) is 0.611. The number of nitrogens with zero attached hydrogens (tertiary/aromatic N) is 3. The third-order valence-corrected chi connectivity index (χ3v) is 5.68. The SMILES string of the molecule is CCC(=O)N(CCOC)CC(=O)N1N=C(c2ccccc2F)CC1c1ccc2c(c1)OCO2. The average molecular weight is 455 g/mol. The summed E-state index contributed by atoms with van der Waals surface area (Å²) in [5.41, 5.74) is 1.60. The Kier molecular flexibility index (Phi) is 6.88. The molecule has 0 aliphatic carbocycles. The Morgan fingerprint density at radius 3 is 2.76 bits per heavy atom. The van der Waals surface area contributed by atoms with E-state index in [2.05, 4.69) is 5.10 Å². The molecule has 9 heteroatoms. The van der Waals surface area contributed by atoms with Crippen LogP contribution >= 0.6 is 0 Å². The number of methoxy groups -OCH3 is 1. The maximum atomic E-state index is 14.5. The second-order valence-electron chi connectivity index (χ2n) is 7.76. The minimum atomic E-state index is -0.470. The molecule has 0 aromatic heterocycles. The molecule has 0 spiro atoms. The summed E-state index contributed by atoms with van der Waals surface area (Å²) in [6.45, 7) is 2.34. The first kappa shape index (κ1) is 22.7. The zero-order valence-electron chi connectivity index (χ0n) is 18.6. The van der Waals surface area contributed by atoms with Crippen molar-refractivity contribution in [2.45, 2.75) is 25.8 Å². The van der Waals surface area contributed by atoms with Crippen molar-refractivity contribution in [2.24, 2.45) is 5.10 Å². The number of carbonyl (C=O) groups excluding carboxylic acids is 2. The van der Waals surface area contributed by atoms with E-state index in [1.165, 1.54) is 23.1 Å². The van der Waals surface area contributed by atoms with Crippen LogP contribution in [0.15, 0.2) is 47.6 Å². The summed E-state index contributed by atoms with van der Waals surface area (Å²) in [6.07, 6.45) is 0.596. The number of hydrogen-bond acceptors (Lipinski definition) is 6. The van der Waals surface area contributed by atoms with Crippen LogP contribution in [-0.4, -0.2) is 61.0 Å². The fourth-order valence-electron chi connectivity index (χ4n) is 3.93. The minimum Gasteiger partial charge on any atom is -0.454 e. The van der Waals surface area contributed by atoms with Gasteiger partial charge in [-0.1, -0.05) is 31.2 Å². The molecule has 4 rings (SSSR count). The molecule has 0 bridgehead atoms. The number of rotatable bonds is 8. The van der Waals surface area contributed by atoms with Crippen LogP contribution in [-0.2, 0) is 14.3 Å². The summed E-state index contributed by atoms with van der Waals surface area (Å²) in [7, 11) is 1.54. The van der Waals surface area contributed by atoms with Crippen molar-refractivity contribution in [3.63, 3.8) is 0 Å². The van der Waals surface area contributed by atoms with E-state index >= 15 is 0 Å². The molecule has 2 aromatic carbocycles. The molecule has 2 heterocycles. The summed E-state index contributed by atoms with van der Waals surface area (Å²) >= 11 is 0. The Hall–Kier alpha value is -3.46. The van der Waals surface area contributed by atoms with Crippen molar-refractivity contribution in [1.82, 2.24) is 9.91 Å². The monoisotopic (exact) mass is 455 g/mol. The zero-order chi connectivity index (χ0) is 23.4. The molecule has 33 heavy (non-hydrogen) atoms. The number of fused-ring (bicyclic) bond motifs is 1. The van der Waals surface area contributed by atoms with E-state index in [1.807, 2.05) is 12.1 Å². The van der Waals surface area contributed by atoms with Crippen LogP contribution in [0.25, 0.3) is 0 Å². The van der Waals surface area contributed by atoms with Gasteiger partial charge >= 0.3 is 0 Å².